The zero-order valence-corrected chi connectivity index (χ0v) is 9.69. The lowest BCUT2D eigenvalue weighted by Crippen LogP contribution is -2.31. The van der Waals surface area contributed by atoms with Gasteiger partial charge >= 0.3 is 13.1 Å². The molecular weight excluding hydrogens is 243 g/mol. The molecule has 1 aromatic heterocycles. The summed E-state index contributed by atoms with van der Waals surface area (Å²) in [5, 5.41) is 18.6. The van der Waals surface area contributed by atoms with Crippen molar-refractivity contribution in [1.29, 1.82) is 0 Å². The summed E-state index contributed by atoms with van der Waals surface area (Å²) < 4.78 is 5.11. The van der Waals surface area contributed by atoms with Gasteiger partial charge in [0.1, 0.15) is 0 Å². The zero-order chi connectivity index (χ0) is 12.6. The molecule has 1 aromatic carbocycles. The number of methoxy groups -OCH3 is 1. The van der Waals surface area contributed by atoms with Gasteiger partial charge in [-0.05, 0) is 6.07 Å². The molecule has 0 amide bonds. The highest BCUT2D eigenvalue weighted by atomic mass is 32.1. The van der Waals surface area contributed by atoms with E-state index in [9.17, 15) is 14.8 Å². The van der Waals surface area contributed by atoms with Gasteiger partial charge in [-0.1, -0.05) is 17.4 Å². The fraction of sp³-hybridized carbons (Fsp3) is 0.111. The summed E-state index contributed by atoms with van der Waals surface area (Å²) >= 11 is 1.10. The maximum atomic E-state index is 11.5. The average Bonchev–Trinajstić information content (AvgIpc) is 2.67. The third-order valence-electron chi connectivity index (χ3n) is 2.27. The minimum absolute atomic E-state index is 0.209. The highest BCUT2D eigenvalue weighted by molar-refractivity contribution is 7.22. The number of rotatable bonds is 2. The van der Waals surface area contributed by atoms with E-state index in [1.807, 2.05) is 0 Å². The lowest BCUT2D eigenvalue weighted by Gasteiger charge is -2.04. The van der Waals surface area contributed by atoms with Crippen LogP contribution in [0.2, 0.25) is 0 Å². The van der Waals surface area contributed by atoms with Crippen LogP contribution >= 0.6 is 11.3 Å². The predicted octanol–water partition coefficient (Wildman–Crippen LogP) is -0.655. The van der Waals surface area contributed by atoms with Crippen molar-refractivity contribution >= 4 is 45.2 Å². The van der Waals surface area contributed by atoms with Crippen molar-refractivity contribution in [3.63, 3.8) is 0 Å². The van der Waals surface area contributed by atoms with Crippen molar-refractivity contribution < 1.29 is 19.6 Å². The first-order chi connectivity index (χ1) is 8.04. The number of esters is 1. The van der Waals surface area contributed by atoms with Crippen LogP contribution in [0.4, 0.5) is 5.13 Å². The second kappa shape index (κ2) is 4.32. The lowest BCUT2D eigenvalue weighted by atomic mass is 9.79. The summed E-state index contributed by atoms with van der Waals surface area (Å²) in [6.45, 7) is 0. The molecule has 0 aliphatic heterocycles. The van der Waals surface area contributed by atoms with Gasteiger partial charge in [0.15, 0.2) is 5.13 Å². The molecular formula is C9H9BN2O4S. The van der Waals surface area contributed by atoms with Crippen LogP contribution in [0, 0.1) is 0 Å². The maximum Gasteiger partial charge on any atom is 0.490 e. The van der Waals surface area contributed by atoms with Crippen molar-refractivity contribution in [1.82, 2.24) is 4.98 Å². The van der Waals surface area contributed by atoms with E-state index in [4.69, 9.17) is 5.73 Å². The fourth-order valence-corrected chi connectivity index (χ4v) is 2.39. The standard InChI is InChI=1S/C9H9BN2O4S/c1-16-8(13)4-2-3-5(10(14)15)6-7(4)17-9(11)12-6/h2-3,14-15H,1H3,(H2,11,12). The van der Waals surface area contributed by atoms with Gasteiger partial charge in [0.05, 0.1) is 22.9 Å². The topological polar surface area (TPSA) is 106 Å². The van der Waals surface area contributed by atoms with E-state index in [0.717, 1.165) is 11.3 Å². The molecule has 6 nitrogen and oxygen atoms in total. The van der Waals surface area contributed by atoms with Crippen LogP contribution in [-0.4, -0.2) is 35.2 Å². The normalized spacial score (nSPS) is 10.5. The molecule has 0 radical (unpaired) electrons. The number of carbonyl (C=O) groups is 1. The number of anilines is 1. The van der Waals surface area contributed by atoms with E-state index < -0.39 is 13.1 Å². The zero-order valence-electron chi connectivity index (χ0n) is 8.88. The van der Waals surface area contributed by atoms with Gasteiger partial charge in [0, 0.05) is 5.46 Å². The lowest BCUT2D eigenvalue weighted by molar-refractivity contribution is 0.0603. The molecule has 0 spiro atoms. The number of aromatic nitrogens is 1. The van der Waals surface area contributed by atoms with Crippen LogP contribution in [0.15, 0.2) is 12.1 Å². The molecule has 17 heavy (non-hydrogen) atoms. The van der Waals surface area contributed by atoms with Crippen molar-refractivity contribution in [2.45, 2.75) is 0 Å². The molecule has 0 fully saturated rings. The summed E-state index contributed by atoms with van der Waals surface area (Å²) in [6.07, 6.45) is 0. The Morgan fingerprint density at radius 3 is 2.82 bits per heavy atom. The summed E-state index contributed by atoms with van der Waals surface area (Å²) in [6, 6.07) is 2.87. The smallest absolute Gasteiger partial charge is 0.465 e. The number of nitrogen functional groups attached to an aromatic ring is 1. The highest BCUT2D eigenvalue weighted by Crippen LogP contribution is 2.26. The molecule has 0 bridgehead atoms. The number of benzene rings is 1. The number of thiazole rings is 1. The number of nitrogens with two attached hydrogens (primary N) is 1. The first-order valence-electron chi connectivity index (χ1n) is 4.68. The van der Waals surface area contributed by atoms with Gasteiger partial charge < -0.3 is 20.5 Å². The van der Waals surface area contributed by atoms with Crippen LogP contribution in [0.25, 0.3) is 10.2 Å². The molecule has 0 saturated heterocycles. The molecule has 8 heteroatoms. The van der Waals surface area contributed by atoms with Crippen LogP contribution in [0.3, 0.4) is 0 Å². The number of nitrogens with zero attached hydrogens (tertiary/aromatic N) is 1. The summed E-state index contributed by atoms with van der Waals surface area (Å²) in [7, 11) is -0.390. The van der Waals surface area contributed by atoms with E-state index >= 15 is 0 Å². The molecule has 0 aliphatic rings. The number of ether oxygens (including phenoxy) is 1. The molecule has 0 aliphatic carbocycles. The molecule has 0 unspecified atom stereocenters. The summed E-state index contributed by atoms with van der Waals surface area (Å²) in [5.41, 5.74) is 6.39. The predicted molar refractivity (Wildman–Crippen MR) is 65.2 cm³/mol. The van der Waals surface area contributed by atoms with E-state index in [1.165, 1.54) is 19.2 Å². The Kier molecular flexibility index (Phi) is 3.01. The summed E-state index contributed by atoms with van der Waals surface area (Å²) in [5.74, 6) is -0.516. The molecule has 2 rings (SSSR count). The Balaban J connectivity index is 2.74. The van der Waals surface area contributed by atoms with Crippen LogP contribution in [0.5, 0.6) is 0 Å². The van der Waals surface area contributed by atoms with E-state index in [2.05, 4.69) is 9.72 Å². The van der Waals surface area contributed by atoms with E-state index in [-0.39, 0.29) is 10.6 Å². The van der Waals surface area contributed by atoms with Crippen molar-refractivity contribution in [2.24, 2.45) is 0 Å². The highest BCUT2D eigenvalue weighted by Gasteiger charge is 2.22. The van der Waals surface area contributed by atoms with E-state index in [1.54, 1.807) is 0 Å². The fourth-order valence-electron chi connectivity index (χ4n) is 1.52. The molecule has 88 valence electrons. The van der Waals surface area contributed by atoms with Crippen molar-refractivity contribution in [3.05, 3.63) is 17.7 Å². The molecule has 4 N–H and O–H groups in total. The van der Waals surface area contributed by atoms with Crippen LogP contribution in [-0.2, 0) is 4.74 Å². The van der Waals surface area contributed by atoms with Gasteiger partial charge in [-0.25, -0.2) is 9.78 Å². The van der Waals surface area contributed by atoms with Crippen LogP contribution < -0.4 is 11.2 Å². The van der Waals surface area contributed by atoms with Gasteiger partial charge in [-0.3, -0.25) is 0 Å². The number of fused-ring (bicyclic) bond motifs is 1. The number of carbonyl (C=O) groups excluding carboxylic acids is 1. The minimum Gasteiger partial charge on any atom is -0.465 e. The Hall–Kier alpha value is -1.64. The maximum absolute atomic E-state index is 11.5. The first kappa shape index (κ1) is 11.8. The van der Waals surface area contributed by atoms with Crippen molar-refractivity contribution in [2.75, 3.05) is 12.8 Å². The molecule has 0 saturated carbocycles. The third-order valence-corrected chi connectivity index (χ3v) is 3.19. The first-order valence-corrected chi connectivity index (χ1v) is 5.49. The van der Waals surface area contributed by atoms with Crippen LogP contribution in [0.1, 0.15) is 10.4 Å². The monoisotopic (exact) mass is 252 g/mol. The average molecular weight is 252 g/mol. The quantitative estimate of drug-likeness (QED) is 0.484. The summed E-state index contributed by atoms with van der Waals surface area (Å²) in [4.78, 5) is 15.5. The molecule has 0 atom stereocenters. The Morgan fingerprint density at radius 2 is 2.24 bits per heavy atom. The van der Waals surface area contributed by atoms with Gasteiger partial charge in [0.2, 0.25) is 0 Å². The Morgan fingerprint density at radius 1 is 1.53 bits per heavy atom. The molecule has 2 aromatic rings. The van der Waals surface area contributed by atoms with Gasteiger partial charge in [-0.15, -0.1) is 0 Å². The second-order valence-electron chi connectivity index (χ2n) is 3.30. The van der Waals surface area contributed by atoms with Crippen molar-refractivity contribution in [3.8, 4) is 0 Å². The van der Waals surface area contributed by atoms with E-state index in [0.29, 0.717) is 15.8 Å². The van der Waals surface area contributed by atoms with Gasteiger partial charge in [-0.2, -0.15) is 0 Å². The molecule has 1 heterocycles. The minimum atomic E-state index is -1.66. The second-order valence-corrected chi connectivity index (χ2v) is 4.33. The largest absolute Gasteiger partial charge is 0.490 e. The Bertz CT molecular complexity index is 584. The van der Waals surface area contributed by atoms with Gasteiger partial charge in [0.25, 0.3) is 0 Å². The number of hydrogen-bond donors (Lipinski definition) is 3. The Labute approximate surface area is 101 Å². The SMILES string of the molecule is COC(=O)c1ccc(B(O)O)c2nc(N)sc12. The third kappa shape index (κ3) is 1.97. The number of hydrogen-bond acceptors (Lipinski definition) is 7.